The van der Waals surface area contributed by atoms with Crippen LogP contribution in [0.4, 0.5) is 5.82 Å². The average molecular weight is 533 g/mol. The molecular formula is C32H32N6O2. The van der Waals surface area contributed by atoms with E-state index in [1.54, 1.807) is 6.20 Å². The van der Waals surface area contributed by atoms with E-state index in [0.29, 0.717) is 11.6 Å². The molecule has 1 unspecified atom stereocenters. The van der Waals surface area contributed by atoms with E-state index in [0.717, 1.165) is 59.7 Å². The number of pyridine rings is 2. The van der Waals surface area contributed by atoms with Gasteiger partial charge in [0.15, 0.2) is 11.5 Å². The Balaban J connectivity index is 1.36. The zero-order chi connectivity index (χ0) is 27.9. The van der Waals surface area contributed by atoms with Crippen LogP contribution in [-0.2, 0) is 11.3 Å². The summed E-state index contributed by atoms with van der Waals surface area (Å²) in [4.78, 5) is 28.3. The number of benzene rings is 2. The minimum atomic E-state index is -0.731. The topological polar surface area (TPSA) is 110 Å². The van der Waals surface area contributed by atoms with Gasteiger partial charge in [0, 0.05) is 30.5 Å². The van der Waals surface area contributed by atoms with E-state index in [1.807, 2.05) is 73.0 Å². The molecule has 3 N–H and O–H groups in total. The molecule has 2 aromatic carbocycles. The number of nitrogens with two attached hydrogens (primary N) is 1. The van der Waals surface area contributed by atoms with Crippen molar-refractivity contribution in [1.82, 2.24) is 24.4 Å². The maximum Gasteiger partial charge on any atom is 0.309 e. The Morgan fingerprint density at radius 2 is 1.77 bits per heavy atom. The van der Waals surface area contributed by atoms with Crippen LogP contribution in [0.25, 0.3) is 39.5 Å². The van der Waals surface area contributed by atoms with Gasteiger partial charge in [-0.15, -0.1) is 0 Å². The molecule has 1 aliphatic rings. The molecule has 0 saturated carbocycles. The van der Waals surface area contributed by atoms with Crippen molar-refractivity contribution in [2.45, 2.75) is 26.8 Å². The van der Waals surface area contributed by atoms with E-state index in [1.165, 1.54) is 5.56 Å². The Labute approximate surface area is 233 Å². The Hall–Kier alpha value is -4.56. The second-order valence-corrected chi connectivity index (χ2v) is 11.0. The molecule has 8 nitrogen and oxygen atoms in total. The molecule has 3 aromatic heterocycles. The lowest BCUT2D eigenvalue weighted by Crippen LogP contribution is -2.34. The highest BCUT2D eigenvalue weighted by Crippen LogP contribution is 2.35. The van der Waals surface area contributed by atoms with Crippen molar-refractivity contribution in [2.24, 2.45) is 11.3 Å². The third kappa shape index (κ3) is 4.71. The molecule has 1 fully saturated rings. The summed E-state index contributed by atoms with van der Waals surface area (Å²) >= 11 is 0. The molecule has 4 heterocycles. The number of hydrogen-bond acceptors (Lipinski definition) is 6. The number of hydrogen-bond donors (Lipinski definition) is 2. The number of anilines is 1. The zero-order valence-corrected chi connectivity index (χ0v) is 22.7. The smallest absolute Gasteiger partial charge is 0.309 e. The molecule has 1 aliphatic heterocycles. The second kappa shape index (κ2) is 10.2. The summed E-state index contributed by atoms with van der Waals surface area (Å²) in [6.45, 7) is 6.11. The molecule has 6 rings (SSSR count). The standard InChI is InChI=1S/C32H32N6O2/c1-32(2,31(39)40)23-16-18-37(20-23)19-21-10-12-24(13-11-21)38-29(25-9-6-17-34-28(25)33)36-27-15-14-26(35-30(27)38)22-7-4-3-5-8-22/h3-15,17,23H,16,18-20H2,1-2H3,(H2,33,34)(H,39,40). The van der Waals surface area contributed by atoms with Gasteiger partial charge < -0.3 is 10.8 Å². The summed E-state index contributed by atoms with van der Waals surface area (Å²) in [6, 6.07) is 26.3. The molecule has 1 saturated heterocycles. The van der Waals surface area contributed by atoms with Crippen molar-refractivity contribution in [3.8, 4) is 28.3 Å². The van der Waals surface area contributed by atoms with Crippen molar-refractivity contribution in [3.05, 3.63) is 90.6 Å². The van der Waals surface area contributed by atoms with Crippen LogP contribution >= 0.6 is 0 Å². The molecule has 0 amide bonds. The van der Waals surface area contributed by atoms with E-state index in [2.05, 4.69) is 34.1 Å². The predicted molar refractivity (Wildman–Crippen MR) is 157 cm³/mol. The van der Waals surface area contributed by atoms with Gasteiger partial charge in [-0.2, -0.15) is 0 Å². The SMILES string of the molecule is CC(C)(C(=O)O)C1CCN(Cc2ccc(-n3c(-c4cccnc4N)nc4ccc(-c5ccccc5)nc43)cc2)C1. The fourth-order valence-corrected chi connectivity index (χ4v) is 5.51. The van der Waals surface area contributed by atoms with Gasteiger partial charge in [-0.3, -0.25) is 14.3 Å². The first kappa shape index (κ1) is 25.7. The predicted octanol–water partition coefficient (Wildman–Crippen LogP) is 5.66. The van der Waals surface area contributed by atoms with Gasteiger partial charge in [0.2, 0.25) is 0 Å². The number of carboxylic acid groups (broad SMARTS) is 1. The molecule has 0 spiro atoms. The molecule has 8 heteroatoms. The summed E-state index contributed by atoms with van der Waals surface area (Å²) in [5.41, 5.74) is 11.8. The quantitative estimate of drug-likeness (QED) is 0.278. The summed E-state index contributed by atoms with van der Waals surface area (Å²) < 4.78 is 2.04. The number of fused-ring (bicyclic) bond motifs is 1. The zero-order valence-electron chi connectivity index (χ0n) is 22.7. The minimum Gasteiger partial charge on any atom is -0.481 e. The number of aliphatic carboxylic acids is 1. The van der Waals surface area contributed by atoms with E-state index < -0.39 is 11.4 Å². The van der Waals surface area contributed by atoms with E-state index in [9.17, 15) is 9.90 Å². The Morgan fingerprint density at radius 1 is 1.00 bits per heavy atom. The minimum absolute atomic E-state index is 0.138. The lowest BCUT2D eigenvalue weighted by molar-refractivity contribution is -0.149. The van der Waals surface area contributed by atoms with Crippen LogP contribution in [-0.4, -0.2) is 48.6 Å². The van der Waals surface area contributed by atoms with Crippen molar-refractivity contribution < 1.29 is 9.90 Å². The second-order valence-electron chi connectivity index (χ2n) is 11.0. The maximum absolute atomic E-state index is 11.7. The lowest BCUT2D eigenvalue weighted by atomic mass is 9.78. The van der Waals surface area contributed by atoms with Gasteiger partial charge in [0.25, 0.3) is 0 Å². The van der Waals surface area contributed by atoms with Crippen molar-refractivity contribution in [1.29, 1.82) is 0 Å². The Bertz CT molecular complexity index is 1680. The molecule has 202 valence electrons. The third-order valence-corrected chi connectivity index (χ3v) is 8.10. The first-order valence-electron chi connectivity index (χ1n) is 13.5. The van der Waals surface area contributed by atoms with Gasteiger partial charge in [0.05, 0.1) is 16.7 Å². The molecule has 0 radical (unpaired) electrons. The van der Waals surface area contributed by atoms with Gasteiger partial charge >= 0.3 is 5.97 Å². The van der Waals surface area contributed by atoms with Crippen LogP contribution in [0.1, 0.15) is 25.8 Å². The van der Waals surface area contributed by atoms with E-state index >= 15 is 0 Å². The molecule has 1 atom stereocenters. The number of rotatable bonds is 7. The summed E-state index contributed by atoms with van der Waals surface area (Å²) in [5, 5.41) is 9.63. The van der Waals surface area contributed by atoms with Crippen LogP contribution in [0.3, 0.4) is 0 Å². The monoisotopic (exact) mass is 532 g/mol. The van der Waals surface area contributed by atoms with Gasteiger partial charge in [0.1, 0.15) is 11.3 Å². The fourth-order valence-electron chi connectivity index (χ4n) is 5.51. The largest absolute Gasteiger partial charge is 0.481 e. The summed E-state index contributed by atoms with van der Waals surface area (Å²) in [6.07, 6.45) is 2.57. The van der Waals surface area contributed by atoms with Crippen molar-refractivity contribution in [3.63, 3.8) is 0 Å². The average Bonchev–Trinajstić information content (AvgIpc) is 3.59. The molecular weight excluding hydrogens is 500 g/mol. The van der Waals surface area contributed by atoms with Crippen molar-refractivity contribution >= 4 is 23.0 Å². The normalized spacial score (nSPS) is 16.0. The number of aromatic nitrogens is 4. The van der Waals surface area contributed by atoms with Crippen molar-refractivity contribution in [2.75, 3.05) is 18.8 Å². The molecule has 40 heavy (non-hydrogen) atoms. The number of nitrogen functional groups attached to an aromatic ring is 1. The highest BCUT2D eigenvalue weighted by molar-refractivity contribution is 5.84. The number of nitrogens with zero attached hydrogens (tertiary/aromatic N) is 5. The Kier molecular flexibility index (Phi) is 6.56. The molecule has 0 bridgehead atoms. The summed E-state index contributed by atoms with van der Waals surface area (Å²) in [7, 11) is 0. The third-order valence-electron chi connectivity index (χ3n) is 8.10. The van der Waals surface area contributed by atoms with Gasteiger partial charge in [-0.05, 0) is 74.7 Å². The number of likely N-dealkylation sites (tertiary alicyclic amines) is 1. The van der Waals surface area contributed by atoms with Gasteiger partial charge in [-0.1, -0.05) is 42.5 Å². The maximum atomic E-state index is 11.7. The highest BCUT2D eigenvalue weighted by Gasteiger charge is 2.40. The van der Waals surface area contributed by atoms with Crippen LogP contribution in [0.15, 0.2) is 85.1 Å². The van der Waals surface area contributed by atoms with Gasteiger partial charge in [-0.25, -0.2) is 15.0 Å². The van der Waals surface area contributed by atoms with Crippen LogP contribution < -0.4 is 5.73 Å². The number of imidazole rings is 1. The van der Waals surface area contributed by atoms with Crippen LogP contribution in [0.2, 0.25) is 0 Å². The molecule has 5 aromatic rings. The molecule has 0 aliphatic carbocycles. The van der Waals surface area contributed by atoms with E-state index in [4.69, 9.17) is 15.7 Å². The number of carbonyl (C=O) groups is 1. The van der Waals surface area contributed by atoms with Crippen LogP contribution in [0, 0.1) is 11.3 Å². The first-order valence-corrected chi connectivity index (χ1v) is 13.5. The Morgan fingerprint density at radius 3 is 2.50 bits per heavy atom. The van der Waals surface area contributed by atoms with Crippen LogP contribution in [0.5, 0.6) is 0 Å². The highest BCUT2D eigenvalue weighted by atomic mass is 16.4. The fraction of sp³-hybridized carbons (Fsp3) is 0.250. The van der Waals surface area contributed by atoms with E-state index in [-0.39, 0.29) is 5.92 Å². The number of carboxylic acids is 1. The first-order chi connectivity index (χ1) is 19.3. The lowest BCUT2D eigenvalue weighted by Gasteiger charge is -2.27. The summed E-state index contributed by atoms with van der Waals surface area (Å²) in [5.74, 6) is 0.500.